The Balaban J connectivity index is 1.48. The first-order valence-electron chi connectivity index (χ1n) is 9.93. The van der Waals surface area contributed by atoms with Crippen LogP contribution < -0.4 is 0 Å². The van der Waals surface area contributed by atoms with Gasteiger partial charge in [0.15, 0.2) is 12.1 Å². The number of aliphatic hydroxyl groups is 1. The summed E-state index contributed by atoms with van der Waals surface area (Å²) in [7, 11) is 0. The standard InChI is InChI=1S/C23H28O6/c1-22(2)27-19-20(26-14-18-11-7-4-8-12-18)23(15-24,29-21(19)28-22)16-25-13-17-9-5-3-6-10-17/h3-12,19-21,24H,13-16H2,1-2H3/t19-,20+,21+,23?/m1/s1. The minimum atomic E-state index is -1.06. The lowest BCUT2D eigenvalue weighted by molar-refractivity contribution is -0.261. The normalized spacial score (nSPS) is 30.4. The number of fused-ring (bicyclic) bond motifs is 1. The number of hydrogen-bond acceptors (Lipinski definition) is 6. The van der Waals surface area contributed by atoms with Crippen molar-refractivity contribution in [3.05, 3.63) is 71.8 Å². The van der Waals surface area contributed by atoms with Gasteiger partial charge in [0.05, 0.1) is 26.4 Å². The van der Waals surface area contributed by atoms with Crippen molar-refractivity contribution in [2.24, 2.45) is 0 Å². The molecule has 4 rings (SSSR count). The summed E-state index contributed by atoms with van der Waals surface area (Å²) in [5.74, 6) is -0.768. The van der Waals surface area contributed by atoms with Crippen LogP contribution in [0.4, 0.5) is 0 Å². The average molecular weight is 400 g/mol. The molecule has 0 aromatic heterocycles. The molecule has 2 aliphatic rings. The molecule has 156 valence electrons. The Morgan fingerprint density at radius 3 is 2.10 bits per heavy atom. The van der Waals surface area contributed by atoms with Gasteiger partial charge in [-0.2, -0.15) is 0 Å². The molecule has 0 radical (unpaired) electrons. The van der Waals surface area contributed by atoms with E-state index in [1.54, 1.807) is 0 Å². The van der Waals surface area contributed by atoms with Crippen LogP contribution in [0.3, 0.4) is 0 Å². The SMILES string of the molecule is CC1(C)O[C@H]2OC(CO)(COCc3ccccc3)[C@@H](OCc3ccccc3)[C@H]2O1. The van der Waals surface area contributed by atoms with Gasteiger partial charge >= 0.3 is 0 Å². The molecular weight excluding hydrogens is 372 g/mol. The molecule has 2 saturated heterocycles. The van der Waals surface area contributed by atoms with E-state index in [0.29, 0.717) is 13.2 Å². The van der Waals surface area contributed by atoms with Crippen LogP contribution >= 0.6 is 0 Å². The van der Waals surface area contributed by atoms with Crippen LogP contribution in [0.25, 0.3) is 0 Å². The van der Waals surface area contributed by atoms with Crippen molar-refractivity contribution >= 4 is 0 Å². The van der Waals surface area contributed by atoms with E-state index in [0.717, 1.165) is 11.1 Å². The molecule has 29 heavy (non-hydrogen) atoms. The molecule has 1 unspecified atom stereocenters. The summed E-state index contributed by atoms with van der Waals surface area (Å²) in [4.78, 5) is 0. The Morgan fingerprint density at radius 1 is 0.862 bits per heavy atom. The van der Waals surface area contributed by atoms with E-state index < -0.39 is 29.9 Å². The van der Waals surface area contributed by atoms with Gasteiger partial charge < -0.3 is 28.8 Å². The summed E-state index contributed by atoms with van der Waals surface area (Å²) in [6, 6.07) is 19.8. The van der Waals surface area contributed by atoms with Gasteiger partial charge in [-0.3, -0.25) is 0 Å². The van der Waals surface area contributed by atoms with E-state index in [1.165, 1.54) is 0 Å². The molecule has 2 aromatic carbocycles. The molecule has 4 atom stereocenters. The smallest absolute Gasteiger partial charge is 0.190 e. The summed E-state index contributed by atoms with van der Waals surface area (Å²) in [5.41, 5.74) is 1.02. The number of rotatable bonds is 8. The van der Waals surface area contributed by atoms with Crippen molar-refractivity contribution in [2.45, 2.75) is 56.9 Å². The highest BCUT2D eigenvalue weighted by Gasteiger charge is 2.62. The lowest BCUT2D eigenvalue weighted by Crippen LogP contribution is -2.52. The summed E-state index contributed by atoms with van der Waals surface area (Å²) >= 11 is 0. The van der Waals surface area contributed by atoms with E-state index >= 15 is 0 Å². The van der Waals surface area contributed by atoms with Crippen molar-refractivity contribution in [1.29, 1.82) is 0 Å². The summed E-state index contributed by atoms with van der Waals surface area (Å²) in [5, 5.41) is 10.3. The van der Waals surface area contributed by atoms with Crippen LogP contribution in [0.1, 0.15) is 25.0 Å². The van der Waals surface area contributed by atoms with Gasteiger partial charge in [0.2, 0.25) is 0 Å². The van der Waals surface area contributed by atoms with Crippen LogP contribution in [-0.4, -0.2) is 48.2 Å². The molecule has 6 heteroatoms. The van der Waals surface area contributed by atoms with Gasteiger partial charge in [-0.05, 0) is 25.0 Å². The predicted molar refractivity (Wildman–Crippen MR) is 106 cm³/mol. The minimum absolute atomic E-state index is 0.165. The second kappa shape index (κ2) is 8.52. The zero-order valence-corrected chi connectivity index (χ0v) is 16.8. The maximum absolute atomic E-state index is 10.3. The maximum atomic E-state index is 10.3. The fourth-order valence-electron chi connectivity index (χ4n) is 3.86. The second-order valence-corrected chi connectivity index (χ2v) is 8.00. The highest BCUT2D eigenvalue weighted by atomic mass is 16.8. The second-order valence-electron chi connectivity index (χ2n) is 8.00. The molecule has 0 spiro atoms. The van der Waals surface area contributed by atoms with E-state index in [9.17, 15) is 5.11 Å². The average Bonchev–Trinajstić information content (AvgIpc) is 3.17. The molecule has 2 aromatic rings. The molecule has 2 heterocycles. The third kappa shape index (κ3) is 4.53. The number of benzene rings is 2. The topological polar surface area (TPSA) is 66.4 Å². The number of ether oxygens (including phenoxy) is 5. The maximum Gasteiger partial charge on any atom is 0.190 e. The fourth-order valence-corrected chi connectivity index (χ4v) is 3.86. The van der Waals surface area contributed by atoms with Crippen LogP contribution in [0.5, 0.6) is 0 Å². The minimum Gasteiger partial charge on any atom is -0.393 e. The van der Waals surface area contributed by atoms with Gasteiger partial charge in [0, 0.05) is 0 Å². The Labute approximate surface area is 171 Å². The quantitative estimate of drug-likeness (QED) is 0.735. The third-order valence-corrected chi connectivity index (χ3v) is 5.25. The first-order valence-corrected chi connectivity index (χ1v) is 9.93. The van der Waals surface area contributed by atoms with Crippen molar-refractivity contribution < 1.29 is 28.8 Å². The Hall–Kier alpha value is -1.80. The first kappa shape index (κ1) is 20.5. The first-order chi connectivity index (χ1) is 14.0. The Morgan fingerprint density at radius 2 is 1.48 bits per heavy atom. The van der Waals surface area contributed by atoms with Gasteiger partial charge in [0.1, 0.15) is 17.8 Å². The molecule has 2 fully saturated rings. The van der Waals surface area contributed by atoms with Crippen LogP contribution in [0, 0.1) is 0 Å². The van der Waals surface area contributed by atoms with Crippen molar-refractivity contribution in [3.63, 3.8) is 0 Å². The number of hydrogen-bond donors (Lipinski definition) is 1. The lowest BCUT2D eigenvalue weighted by Gasteiger charge is -2.35. The van der Waals surface area contributed by atoms with E-state index in [1.807, 2.05) is 74.5 Å². The molecule has 0 amide bonds. The van der Waals surface area contributed by atoms with Crippen molar-refractivity contribution in [1.82, 2.24) is 0 Å². The highest BCUT2D eigenvalue weighted by Crippen LogP contribution is 2.44. The van der Waals surface area contributed by atoms with Crippen LogP contribution in [-0.2, 0) is 36.9 Å². The van der Waals surface area contributed by atoms with Gasteiger partial charge in [-0.15, -0.1) is 0 Å². The summed E-state index contributed by atoms with van der Waals surface area (Å²) < 4.78 is 30.2. The van der Waals surface area contributed by atoms with E-state index in [4.69, 9.17) is 23.7 Å². The van der Waals surface area contributed by atoms with E-state index in [2.05, 4.69) is 0 Å². The molecule has 1 N–H and O–H groups in total. The molecule has 0 bridgehead atoms. The Kier molecular flexibility index (Phi) is 6.01. The monoisotopic (exact) mass is 400 g/mol. The summed E-state index contributed by atoms with van der Waals surface area (Å²) in [6.45, 7) is 4.38. The van der Waals surface area contributed by atoms with Crippen LogP contribution in [0.15, 0.2) is 60.7 Å². The molecule has 0 aliphatic carbocycles. The third-order valence-electron chi connectivity index (χ3n) is 5.25. The zero-order valence-electron chi connectivity index (χ0n) is 16.8. The molecule has 2 aliphatic heterocycles. The zero-order chi connectivity index (χ0) is 20.3. The summed E-state index contributed by atoms with van der Waals surface area (Å²) in [6.07, 6.45) is -1.59. The number of aliphatic hydroxyl groups excluding tert-OH is 1. The van der Waals surface area contributed by atoms with E-state index in [-0.39, 0.29) is 13.2 Å². The lowest BCUT2D eigenvalue weighted by atomic mass is 9.96. The van der Waals surface area contributed by atoms with Crippen LogP contribution in [0.2, 0.25) is 0 Å². The molecule has 0 saturated carbocycles. The highest BCUT2D eigenvalue weighted by molar-refractivity contribution is 5.15. The van der Waals surface area contributed by atoms with Crippen molar-refractivity contribution in [3.8, 4) is 0 Å². The predicted octanol–water partition coefficient (Wildman–Crippen LogP) is 3.03. The van der Waals surface area contributed by atoms with Gasteiger partial charge in [0.25, 0.3) is 0 Å². The van der Waals surface area contributed by atoms with Gasteiger partial charge in [-0.25, -0.2) is 0 Å². The van der Waals surface area contributed by atoms with Crippen molar-refractivity contribution in [2.75, 3.05) is 13.2 Å². The van der Waals surface area contributed by atoms with Gasteiger partial charge in [-0.1, -0.05) is 60.7 Å². The molecular formula is C23H28O6. The Bertz CT molecular complexity index is 780. The largest absolute Gasteiger partial charge is 0.393 e. The fraction of sp³-hybridized carbons (Fsp3) is 0.478. The molecule has 6 nitrogen and oxygen atoms in total.